The number of anilines is 1. The normalized spacial score (nSPS) is 23.6. The van der Waals surface area contributed by atoms with E-state index in [4.69, 9.17) is 0 Å². The maximum atomic E-state index is 12.7. The molecule has 1 N–H and O–H groups in total. The number of nitrogens with one attached hydrogen (secondary N) is 1. The molecule has 4 heteroatoms. The van der Waals surface area contributed by atoms with Gasteiger partial charge in [0.25, 0.3) is 5.91 Å². The van der Waals surface area contributed by atoms with E-state index in [0.717, 1.165) is 22.1 Å². The molecule has 1 aliphatic heterocycles. The van der Waals surface area contributed by atoms with Crippen LogP contribution in [0.2, 0.25) is 0 Å². The minimum absolute atomic E-state index is 0.0410. The Morgan fingerprint density at radius 2 is 1.92 bits per heavy atom. The molecule has 128 valence electrons. The summed E-state index contributed by atoms with van der Waals surface area (Å²) in [4.78, 5) is 14.3. The molecule has 0 radical (unpaired) electrons. The van der Waals surface area contributed by atoms with Crippen LogP contribution < -0.4 is 5.32 Å². The van der Waals surface area contributed by atoms with Gasteiger partial charge in [-0.15, -0.1) is 0 Å². The van der Waals surface area contributed by atoms with Gasteiger partial charge in [0, 0.05) is 24.5 Å². The summed E-state index contributed by atoms with van der Waals surface area (Å²) in [5.41, 5.74) is 4.24. The van der Waals surface area contributed by atoms with E-state index in [1.165, 1.54) is 11.1 Å². The van der Waals surface area contributed by atoms with Gasteiger partial charge in [0.2, 0.25) is 0 Å². The summed E-state index contributed by atoms with van der Waals surface area (Å²) in [6.45, 7) is 0. The topological polar surface area (TPSA) is 32.3 Å². The first-order valence-electron chi connectivity index (χ1n) is 8.59. The van der Waals surface area contributed by atoms with Gasteiger partial charge in [0.1, 0.15) is 0 Å². The molecular formula is C21H21BrN2O. The number of fused-ring (bicyclic) bond motifs is 3. The highest BCUT2D eigenvalue weighted by atomic mass is 79.9. The second-order valence-electron chi connectivity index (χ2n) is 7.00. The molecule has 0 fully saturated rings. The zero-order valence-corrected chi connectivity index (χ0v) is 16.0. The van der Waals surface area contributed by atoms with E-state index in [1.807, 2.05) is 12.1 Å². The predicted molar refractivity (Wildman–Crippen MR) is 105 cm³/mol. The monoisotopic (exact) mass is 396 g/mol. The molecule has 0 saturated carbocycles. The molecule has 0 unspecified atom stereocenters. The van der Waals surface area contributed by atoms with Crippen molar-refractivity contribution in [1.29, 1.82) is 0 Å². The van der Waals surface area contributed by atoms with Crippen molar-refractivity contribution in [2.24, 2.45) is 5.92 Å². The van der Waals surface area contributed by atoms with Crippen LogP contribution in [0.4, 0.5) is 5.69 Å². The van der Waals surface area contributed by atoms with Gasteiger partial charge in [-0.05, 0) is 41.7 Å². The van der Waals surface area contributed by atoms with Crippen molar-refractivity contribution >= 4 is 27.5 Å². The fourth-order valence-corrected chi connectivity index (χ4v) is 4.31. The van der Waals surface area contributed by atoms with Crippen molar-refractivity contribution in [3.63, 3.8) is 0 Å². The first-order valence-corrected chi connectivity index (χ1v) is 9.39. The second kappa shape index (κ2) is 6.34. The summed E-state index contributed by atoms with van der Waals surface area (Å²) in [5, 5.41) is 3.71. The third kappa shape index (κ3) is 2.78. The van der Waals surface area contributed by atoms with Crippen LogP contribution in [0, 0.1) is 5.92 Å². The number of carbonyl (C=O) groups excluding carboxylic acids is 1. The quantitative estimate of drug-likeness (QED) is 0.726. The van der Waals surface area contributed by atoms with Crippen molar-refractivity contribution in [2.45, 2.75) is 18.4 Å². The standard InChI is InChI=1S/C21H21BrN2O/c1-24(2)21(25)18-8-4-7-17-15-5-3-6-16(15)19(23-20(17)18)13-9-11-14(22)12-10-13/h3-5,7-12,15-16,19,23H,6H2,1-2H3/t15-,16+,19+/m1/s1. The summed E-state index contributed by atoms with van der Waals surface area (Å²) < 4.78 is 1.08. The Kier molecular flexibility index (Phi) is 4.16. The summed E-state index contributed by atoms with van der Waals surface area (Å²) >= 11 is 3.52. The molecule has 0 spiro atoms. The fourth-order valence-electron chi connectivity index (χ4n) is 4.04. The van der Waals surface area contributed by atoms with Gasteiger partial charge in [-0.1, -0.05) is 52.3 Å². The maximum absolute atomic E-state index is 12.7. The van der Waals surface area contributed by atoms with E-state index in [-0.39, 0.29) is 11.9 Å². The van der Waals surface area contributed by atoms with Gasteiger partial charge in [0.15, 0.2) is 0 Å². The SMILES string of the molecule is CN(C)C(=O)c1cccc2c1N[C@@H](c1ccc(Br)cc1)[C@H]1CC=C[C@@H]21. The first kappa shape index (κ1) is 16.4. The van der Waals surface area contributed by atoms with Crippen LogP contribution >= 0.6 is 15.9 Å². The number of allylic oxidation sites excluding steroid dienone is 2. The predicted octanol–water partition coefficient (Wildman–Crippen LogP) is 4.98. The van der Waals surface area contributed by atoms with Crippen LogP contribution in [-0.2, 0) is 0 Å². The van der Waals surface area contributed by atoms with E-state index < -0.39 is 0 Å². The van der Waals surface area contributed by atoms with Gasteiger partial charge >= 0.3 is 0 Å². The smallest absolute Gasteiger partial charge is 0.255 e. The molecule has 0 aromatic heterocycles. The Morgan fingerprint density at radius 1 is 1.16 bits per heavy atom. The van der Waals surface area contributed by atoms with E-state index in [2.05, 4.69) is 63.7 Å². The number of para-hydroxylation sites is 1. The lowest BCUT2D eigenvalue weighted by molar-refractivity contribution is 0.0828. The Labute approximate surface area is 156 Å². The minimum Gasteiger partial charge on any atom is -0.377 e. The number of rotatable bonds is 2. The number of hydrogen-bond acceptors (Lipinski definition) is 2. The first-order chi connectivity index (χ1) is 12.1. The molecule has 0 bridgehead atoms. The summed E-state index contributed by atoms with van der Waals surface area (Å²) in [7, 11) is 3.60. The number of amides is 1. The van der Waals surface area contributed by atoms with Crippen LogP contribution in [0.15, 0.2) is 59.1 Å². The number of halogens is 1. The number of nitrogens with zero attached hydrogens (tertiary/aromatic N) is 1. The van der Waals surface area contributed by atoms with Crippen LogP contribution in [-0.4, -0.2) is 24.9 Å². The summed E-state index contributed by atoms with van der Waals surface area (Å²) in [6, 6.07) is 14.8. The molecule has 1 heterocycles. The lowest BCUT2D eigenvalue weighted by Crippen LogP contribution is -2.31. The molecule has 1 amide bonds. The largest absolute Gasteiger partial charge is 0.377 e. The maximum Gasteiger partial charge on any atom is 0.255 e. The Balaban J connectivity index is 1.81. The zero-order chi connectivity index (χ0) is 17.6. The highest BCUT2D eigenvalue weighted by Crippen LogP contribution is 2.50. The lowest BCUT2D eigenvalue weighted by Gasteiger charge is -2.38. The van der Waals surface area contributed by atoms with Crippen molar-refractivity contribution in [3.8, 4) is 0 Å². The highest BCUT2D eigenvalue weighted by molar-refractivity contribution is 9.10. The van der Waals surface area contributed by atoms with Crippen LogP contribution in [0.3, 0.4) is 0 Å². The summed E-state index contributed by atoms with van der Waals surface area (Å²) in [5.74, 6) is 0.887. The van der Waals surface area contributed by atoms with E-state index in [0.29, 0.717) is 11.8 Å². The number of benzene rings is 2. The van der Waals surface area contributed by atoms with E-state index in [1.54, 1.807) is 19.0 Å². The molecular weight excluding hydrogens is 376 g/mol. The molecule has 2 aliphatic rings. The minimum atomic E-state index is 0.0410. The summed E-state index contributed by atoms with van der Waals surface area (Å²) in [6.07, 6.45) is 5.64. The van der Waals surface area contributed by atoms with E-state index in [9.17, 15) is 4.79 Å². The lowest BCUT2D eigenvalue weighted by atomic mass is 9.76. The molecule has 1 aliphatic carbocycles. The van der Waals surface area contributed by atoms with E-state index >= 15 is 0 Å². The number of hydrogen-bond donors (Lipinski definition) is 1. The van der Waals surface area contributed by atoms with Crippen molar-refractivity contribution < 1.29 is 4.79 Å². The molecule has 0 saturated heterocycles. The molecule has 25 heavy (non-hydrogen) atoms. The van der Waals surface area contributed by atoms with Gasteiger partial charge in [-0.25, -0.2) is 0 Å². The van der Waals surface area contributed by atoms with Gasteiger partial charge in [0.05, 0.1) is 17.3 Å². The number of carbonyl (C=O) groups is 1. The molecule has 2 aromatic carbocycles. The molecule has 3 nitrogen and oxygen atoms in total. The second-order valence-corrected chi connectivity index (χ2v) is 7.91. The average molecular weight is 397 g/mol. The Bertz CT molecular complexity index is 841. The molecule has 4 rings (SSSR count). The highest BCUT2D eigenvalue weighted by Gasteiger charge is 2.39. The van der Waals surface area contributed by atoms with Gasteiger partial charge < -0.3 is 10.2 Å². The Morgan fingerprint density at radius 3 is 2.64 bits per heavy atom. The van der Waals surface area contributed by atoms with Crippen molar-refractivity contribution in [1.82, 2.24) is 4.90 Å². The van der Waals surface area contributed by atoms with Gasteiger partial charge in [-0.3, -0.25) is 4.79 Å². The molecule has 2 aromatic rings. The van der Waals surface area contributed by atoms with Crippen LogP contribution in [0.1, 0.15) is 39.9 Å². The zero-order valence-electron chi connectivity index (χ0n) is 14.4. The molecule has 3 atom stereocenters. The van der Waals surface area contributed by atoms with Crippen LogP contribution in [0.25, 0.3) is 0 Å². The van der Waals surface area contributed by atoms with Crippen molar-refractivity contribution in [2.75, 3.05) is 19.4 Å². The van der Waals surface area contributed by atoms with Crippen molar-refractivity contribution in [3.05, 3.63) is 75.8 Å². The third-order valence-corrected chi connectivity index (χ3v) is 5.79. The average Bonchev–Trinajstić information content (AvgIpc) is 3.10. The Hall–Kier alpha value is -2.07. The van der Waals surface area contributed by atoms with Gasteiger partial charge in [-0.2, -0.15) is 0 Å². The fraction of sp³-hybridized carbons (Fsp3) is 0.286. The van der Waals surface area contributed by atoms with Crippen LogP contribution in [0.5, 0.6) is 0 Å². The third-order valence-electron chi connectivity index (χ3n) is 5.26.